The summed E-state index contributed by atoms with van der Waals surface area (Å²) < 4.78 is 13.0. The van der Waals surface area contributed by atoms with Crippen molar-refractivity contribution in [3.05, 3.63) is 47.4 Å². The van der Waals surface area contributed by atoms with Gasteiger partial charge in [0, 0.05) is 12.2 Å². The Hall–Kier alpha value is -2.21. The lowest BCUT2D eigenvalue weighted by Crippen LogP contribution is -2.23. The first-order valence-electron chi connectivity index (χ1n) is 6.67. The van der Waals surface area contributed by atoms with Gasteiger partial charge in [-0.3, -0.25) is 0 Å². The van der Waals surface area contributed by atoms with Crippen LogP contribution in [0.1, 0.15) is 12.7 Å². The number of rotatable bonds is 4. The number of hydrogen-bond donors (Lipinski definition) is 1. The summed E-state index contributed by atoms with van der Waals surface area (Å²) in [6.07, 6.45) is 0. The molecule has 0 aliphatic carbocycles. The van der Waals surface area contributed by atoms with Gasteiger partial charge in [0.1, 0.15) is 16.5 Å². The standard InChI is InChI=1S/C15H15FN4S/c1-2-20(11-5-3-10(16)4-6-11)9-13-18-14(17)12-7-8-21-15(12)19-13/h3-8H,2,9H2,1H3,(H2,17,18,19). The number of fused-ring (bicyclic) bond motifs is 1. The summed E-state index contributed by atoms with van der Waals surface area (Å²) in [6, 6.07) is 8.35. The van der Waals surface area contributed by atoms with E-state index in [0.29, 0.717) is 18.2 Å². The normalized spacial score (nSPS) is 11.0. The summed E-state index contributed by atoms with van der Waals surface area (Å²) >= 11 is 1.55. The highest BCUT2D eigenvalue weighted by atomic mass is 32.1. The maximum Gasteiger partial charge on any atom is 0.151 e. The molecule has 1 aromatic carbocycles. The third kappa shape index (κ3) is 2.80. The Morgan fingerprint density at radius 3 is 2.67 bits per heavy atom. The van der Waals surface area contributed by atoms with E-state index < -0.39 is 0 Å². The summed E-state index contributed by atoms with van der Waals surface area (Å²) in [7, 11) is 0. The van der Waals surface area contributed by atoms with Crippen LogP contribution in [0.2, 0.25) is 0 Å². The average Bonchev–Trinajstić information content (AvgIpc) is 2.95. The lowest BCUT2D eigenvalue weighted by Gasteiger charge is -2.22. The smallest absolute Gasteiger partial charge is 0.151 e. The highest BCUT2D eigenvalue weighted by Crippen LogP contribution is 2.24. The molecule has 2 heterocycles. The summed E-state index contributed by atoms with van der Waals surface area (Å²) in [4.78, 5) is 11.9. The zero-order valence-corrected chi connectivity index (χ0v) is 12.4. The van der Waals surface area contributed by atoms with Crippen LogP contribution in [-0.2, 0) is 6.54 Å². The molecule has 0 radical (unpaired) electrons. The van der Waals surface area contributed by atoms with E-state index >= 15 is 0 Å². The number of aromatic nitrogens is 2. The molecule has 0 spiro atoms. The Bertz CT molecular complexity index is 754. The largest absolute Gasteiger partial charge is 0.383 e. The molecule has 0 aliphatic heterocycles. The maximum atomic E-state index is 13.0. The number of nitrogens with zero attached hydrogens (tertiary/aromatic N) is 3. The minimum absolute atomic E-state index is 0.240. The quantitative estimate of drug-likeness (QED) is 0.802. The van der Waals surface area contributed by atoms with Crippen LogP contribution in [0.3, 0.4) is 0 Å². The van der Waals surface area contributed by atoms with Crippen molar-refractivity contribution in [3.8, 4) is 0 Å². The maximum absolute atomic E-state index is 13.0. The van der Waals surface area contributed by atoms with Gasteiger partial charge in [-0.25, -0.2) is 14.4 Å². The molecule has 0 fully saturated rings. The van der Waals surface area contributed by atoms with Crippen LogP contribution in [0.15, 0.2) is 35.7 Å². The molecule has 0 saturated heterocycles. The van der Waals surface area contributed by atoms with Crippen LogP contribution in [-0.4, -0.2) is 16.5 Å². The molecule has 2 aromatic heterocycles. The first kappa shape index (κ1) is 13.8. The fourth-order valence-corrected chi connectivity index (χ4v) is 2.99. The van der Waals surface area contributed by atoms with Crippen molar-refractivity contribution in [2.24, 2.45) is 0 Å². The van der Waals surface area contributed by atoms with Gasteiger partial charge in [-0.15, -0.1) is 11.3 Å². The monoisotopic (exact) mass is 302 g/mol. The van der Waals surface area contributed by atoms with Crippen molar-refractivity contribution in [1.29, 1.82) is 0 Å². The topological polar surface area (TPSA) is 55.0 Å². The zero-order valence-electron chi connectivity index (χ0n) is 11.6. The van der Waals surface area contributed by atoms with Crippen LogP contribution >= 0.6 is 11.3 Å². The van der Waals surface area contributed by atoms with E-state index in [-0.39, 0.29) is 5.82 Å². The second kappa shape index (κ2) is 5.65. The predicted octanol–water partition coefficient (Wildman–Crippen LogP) is 3.44. The molecule has 0 unspecified atom stereocenters. The fraction of sp³-hybridized carbons (Fsp3) is 0.200. The van der Waals surface area contributed by atoms with E-state index in [4.69, 9.17) is 5.73 Å². The molecular formula is C15H15FN4S. The van der Waals surface area contributed by atoms with E-state index in [2.05, 4.69) is 14.9 Å². The van der Waals surface area contributed by atoms with Crippen LogP contribution in [0.5, 0.6) is 0 Å². The second-order valence-electron chi connectivity index (χ2n) is 4.66. The van der Waals surface area contributed by atoms with Crippen molar-refractivity contribution in [1.82, 2.24) is 9.97 Å². The van der Waals surface area contributed by atoms with Gasteiger partial charge >= 0.3 is 0 Å². The lowest BCUT2D eigenvalue weighted by molar-refractivity contribution is 0.627. The molecule has 0 atom stereocenters. The average molecular weight is 302 g/mol. The van der Waals surface area contributed by atoms with Gasteiger partial charge in [-0.2, -0.15) is 0 Å². The van der Waals surface area contributed by atoms with Crippen LogP contribution in [0.25, 0.3) is 10.2 Å². The first-order chi connectivity index (χ1) is 10.2. The fourth-order valence-electron chi connectivity index (χ4n) is 2.20. The highest BCUT2D eigenvalue weighted by Gasteiger charge is 2.11. The molecule has 3 rings (SSSR count). The zero-order chi connectivity index (χ0) is 14.8. The van der Waals surface area contributed by atoms with Gasteiger partial charge in [0.25, 0.3) is 0 Å². The summed E-state index contributed by atoms with van der Waals surface area (Å²) in [5, 5.41) is 2.85. The van der Waals surface area contributed by atoms with Crippen molar-refractivity contribution in [2.45, 2.75) is 13.5 Å². The number of benzene rings is 1. The van der Waals surface area contributed by atoms with Crippen molar-refractivity contribution >= 4 is 33.1 Å². The number of thiophene rings is 1. The molecule has 0 aliphatic rings. The number of nitrogens with two attached hydrogens (primary N) is 1. The van der Waals surface area contributed by atoms with E-state index in [9.17, 15) is 4.39 Å². The number of anilines is 2. The molecule has 0 bridgehead atoms. The first-order valence-corrected chi connectivity index (χ1v) is 7.55. The van der Waals surface area contributed by atoms with E-state index in [1.807, 2.05) is 18.4 Å². The number of hydrogen-bond acceptors (Lipinski definition) is 5. The molecule has 4 nitrogen and oxygen atoms in total. The SMILES string of the molecule is CCN(Cc1nc(N)c2ccsc2n1)c1ccc(F)cc1. The van der Waals surface area contributed by atoms with Gasteiger partial charge in [-0.05, 0) is 42.6 Å². The van der Waals surface area contributed by atoms with Gasteiger partial charge < -0.3 is 10.6 Å². The Balaban J connectivity index is 1.89. The Kier molecular flexibility index (Phi) is 3.70. The third-order valence-electron chi connectivity index (χ3n) is 3.31. The van der Waals surface area contributed by atoms with Crippen molar-refractivity contribution < 1.29 is 4.39 Å². The van der Waals surface area contributed by atoms with Gasteiger partial charge in [0.15, 0.2) is 5.82 Å². The number of nitrogen functional groups attached to an aromatic ring is 1. The summed E-state index contributed by atoms with van der Waals surface area (Å²) in [6.45, 7) is 3.36. The molecule has 21 heavy (non-hydrogen) atoms. The molecule has 6 heteroatoms. The van der Waals surface area contributed by atoms with E-state index in [0.717, 1.165) is 22.4 Å². The number of halogens is 1. The molecule has 2 N–H and O–H groups in total. The van der Waals surface area contributed by atoms with Gasteiger partial charge in [0.2, 0.25) is 0 Å². The third-order valence-corrected chi connectivity index (χ3v) is 4.11. The highest BCUT2D eigenvalue weighted by molar-refractivity contribution is 7.16. The lowest BCUT2D eigenvalue weighted by atomic mass is 10.2. The van der Waals surface area contributed by atoms with Crippen LogP contribution in [0, 0.1) is 5.82 Å². The van der Waals surface area contributed by atoms with Crippen molar-refractivity contribution in [2.75, 3.05) is 17.2 Å². The predicted molar refractivity (Wildman–Crippen MR) is 85.0 cm³/mol. The molecule has 3 aromatic rings. The van der Waals surface area contributed by atoms with Crippen LogP contribution in [0.4, 0.5) is 15.9 Å². The molecule has 0 saturated carbocycles. The van der Waals surface area contributed by atoms with Gasteiger partial charge in [0.05, 0.1) is 11.9 Å². The second-order valence-corrected chi connectivity index (χ2v) is 5.55. The van der Waals surface area contributed by atoms with E-state index in [1.165, 1.54) is 12.1 Å². The summed E-state index contributed by atoms with van der Waals surface area (Å²) in [5.74, 6) is 0.940. The molecule has 0 amide bonds. The minimum atomic E-state index is -0.240. The van der Waals surface area contributed by atoms with Crippen molar-refractivity contribution in [3.63, 3.8) is 0 Å². The summed E-state index contributed by atoms with van der Waals surface area (Å²) in [5.41, 5.74) is 6.90. The Morgan fingerprint density at radius 2 is 1.95 bits per heavy atom. The van der Waals surface area contributed by atoms with Gasteiger partial charge in [-0.1, -0.05) is 0 Å². The van der Waals surface area contributed by atoms with E-state index in [1.54, 1.807) is 23.5 Å². The Labute approximate surface area is 126 Å². The molecule has 108 valence electrons. The minimum Gasteiger partial charge on any atom is -0.383 e. The molecular weight excluding hydrogens is 287 g/mol. The van der Waals surface area contributed by atoms with Crippen LogP contribution < -0.4 is 10.6 Å². The Morgan fingerprint density at radius 1 is 1.19 bits per heavy atom.